The Morgan fingerprint density at radius 2 is 2.28 bits per heavy atom. The van der Waals surface area contributed by atoms with Crippen molar-refractivity contribution in [3.8, 4) is 0 Å². The van der Waals surface area contributed by atoms with Crippen molar-refractivity contribution < 1.29 is 9.53 Å². The molecule has 1 aromatic rings. The van der Waals surface area contributed by atoms with Crippen molar-refractivity contribution in [3.63, 3.8) is 0 Å². The quantitative estimate of drug-likeness (QED) is 0.660. The van der Waals surface area contributed by atoms with Gasteiger partial charge in [-0.15, -0.1) is 11.3 Å². The molecule has 1 aromatic heterocycles. The molecule has 0 atom stereocenters. The number of methoxy groups -OCH3 is 1. The molecule has 2 rings (SSSR count). The number of thiophene rings is 1. The smallest absolute Gasteiger partial charge is 0.178 e. The van der Waals surface area contributed by atoms with Gasteiger partial charge in [-0.1, -0.05) is 0 Å². The molecule has 1 fully saturated rings. The number of nitrogens with zero attached hydrogens (tertiary/aromatic N) is 1. The van der Waals surface area contributed by atoms with Gasteiger partial charge in [-0.3, -0.25) is 9.69 Å². The second-order valence-corrected chi connectivity index (χ2v) is 8.10. The number of rotatable bonds is 7. The van der Waals surface area contributed by atoms with E-state index in [9.17, 15) is 4.79 Å². The number of hydrogen-bond donors (Lipinski definition) is 0. The number of carbonyl (C=O) groups excluding carboxylic acids is 1. The molecule has 0 aromatic carbocycles. The Kier molecular flexibility index (Phi) is 5.38. The van der Waals surface area contributed by atoms with E-state index in [1.807, 2.05) is 6.07 Å². The van der Waals surface area contributed by atoms with Gasteiger partial charge >= 0.3 is 0 Å². The van der Waals surface area contributed by atoms with E-state index in [4.69, 9.17) is 4.74 Å². The van der Waals surface area contributed by atoms with Crippen molar-refractivity contribution in [2.45, 2.75) is 18.9 Å². The third kappa shape index (κ3) is 3.87. The maximum atomic E-state index is 12.3. The largest absolute Gasteiger partial charge is 0.383 e. The first-order valence-electron chi connectivity index (χ1n) is 5.83. The summed E-state index contributed by atoms with van der Waals surface area (Å²) in [4.78, 5) is 14.5. The standard InChI is InChI=1S/C12H15Br2NO2S/c1-17-5-4-15(8-2-3-8)7-10(16)9-6-11(13)18-12(9)14/h6,8H,2-5,7H2,1H3. The van der Waals surface area contributed by atoms with Gasteiger partial charge < -0.3 is 4.74 Å². The van der Waals surface area contributed by atoms with E-state index in [-0.39, 0.29) is 5.78 Å². The fourth-order valence-electron chi connectivity index (χ4n) is 1.84. The van der Waals surface area contributed by atoms with Crippen molar-refractivity contribution in [3.05, 3.63) is 19.2 Å². The molecule has 1 saturated carbocycles. The molecule has 1 heterocycles. The summed E-state index contributed by atoms with van der Waals surface area (Å²) in [5, 5.41) is 0. The first-order valence-corrected chi connectivity index (χ1v) is 8.23. The predicted octanol–water partition coefficient (Wildman–Crippen LogP) is 3.57. The van der Waals surface area contributed by atoms with Crippen LogP contribution in [0.3, 0.4) is 0 Å². The molecule has 0 amide bonds. The van der Waals surface area contributed by atoms with Gasteiger partial charge in [0, 0.05) is 25.3 Å². The van der Waals surface area contributed by atoms with Gasteiger partial charge in [0.15, 0.2) is 5.78 Å². The summed E-state index contributed by atoms with van der Waals surface area (Å²) >= 11 is 8.38. The summed E-state index contributed by atoms with van der Waals surface area (Å²) in [7, 11) is 1.69. The van der Waals surface area contributed by atoms with Crippen LogP contribution in [0.1, 0.15) is 23.2 Å². The maximum Gasteiger partial charge on any atom is 0.178 e. The van der Waals surface area contributed by atoms with E-state index in [2.05, 4.69) is 36.8 Å². The minimum Gasteiger partial charge on any atom is -0.383 e. The Bertz CT molecular complexity index is 432. The van der Waals surface area contributed by atoms with Crippen LogP contribution >= 0.6 is 43.2 Å². The molecule has 18 heavy (non-hydrogen) atoms. The number of ketones is 1. The topological polar surface area (TPSA) is 29.5 Å². The van der Waals surface area contributed by atoms with Gasteiger partial charge in [-0.2, -0.15) is 0 Å². The highest BCUT2D eigenvalue weighted by molar-refractivity contribution is 9.12. The molecule has 6 heteroatoms. The van der Waals surface area contributed by atoms with Crippen molar-refractivity contribution in [2.75, 3.05) is 26.8 Å². The summed E-state index contributed by atoms with van der Waals surface area (Å²) in [5.41, 5.74) is 0.773. The van der Waals surface area contributed by atoms with Crippen LogP contribution in [0.15, 0.2) is 13.6 Å². The predicted molar refractivity (Wildman–Crippen MR) is 80.5 cm³/mol. The number of ether oxygens (including phenoxy) is 1. The van der Waals surface area contributed by atoms with E-state index in [0.717, 1.165) is 19.7 Å². The average Bonchev–Trinajstić information content (AvgIpc) is 3.10. The minimum absolute atomic E-state index is 0.173. The molecule has 0 saturated heterocycles. The fourth-order valence-corrected chi connectivity index (χ4v) is 4.69. The number of Topliss-reactive ketones (excluding diaryl/α,β-unsaturated/α-hetero) is 1. The molecular formula is C12H15Br2NO2S. The Labute approximate surface area is 128 Å². The summed E-state index contributed by atoms with van der Waals surface area (Å²) in [6.07, 6.45) is 2.40. The van der Waals surface area contributed by atoms with E-state index in [1.54, 1.807) is 7.11 Å². The van der Waals surface area contributed by atoms with Crippen LogP contribution in [0.2, 0.25) is 0 Å². The molecule has 1 aliphatic rings. The van der Waals surface area contributed by atoms with Crippen LogP contribution in [0, 0.1) is 0 Å². The molecule has 3 nitrogen and oxygen atoms in total. The van der Waals surface area contributed by atoms with E-state index < -0.39 is 0 Å². The lowest BCUT2D eigenvalue weighted by atomic mass is 10.2. The zero-order chi connectivity index (χ0) is 13.1. The molecule has 100 valence electrons. The third-order valence-electron chi connectivity index (χ3n) is 2.95. The lowest BCUT2D eigenvalue weighted by molar-refractivity contribution is 0.0885. The molecule has 0 radical (unpaired) electrons. The van der Waals surface area contributed by atoms with Crippen LogP contribution in [0.5, 0.6) is 0 Å². The molecule has 1 aliphatic carbocycles. The summed E-state index contributed by atoms with van der Waals surface area (Å²) < 4.78 is 6.98. The lowest BCUT2D eigenvalue weighted by Gasteiger charge is -2.20. The zero-order valence-corrected chi connectivity index (χ0v) is 14.1. The molecule has 0 spiro atoms. The van der Waals surface area contributed by atoms with Crippen LogP contribution in [0.25, 0.3) is 0 Å². The number of hydrogen-bond acceptors (Lipinski definition) is 4. The second kappa shape index (κ2) is 6.61. The fraction of sp³-hybridized carbons (Fsp3) is 0.583. The molecule has 0 N–H and O–H groups in total. The first-order chi connectivity index (χ1) is 8.61. The Morgan fingerprint density at radius 3 is 2.78 bits per heavy atom. The maximum absolute atomic E-state index is 12.3. The van der Waals surface area contributed by atoms with Crippen LogP contribution in [0.4, 0.5) is 0 Å². The molecule has 0 unspecified atom stereocenters. The average molecular weight is 397 g/mol. The highest BCUT2D eigenvalue weighted by Crippen LogP contribution is 2.33. The van der Waals surface area contributed by atoms with E-state index in [0.29, 0.717) is 19.2 Å². The molecule has 0 aliphatic heterocycles. The van der Waals surface area contributed by atoms with Gasteiger partial charge in [0.1, 0.15) is 0 Å². The summed E-state index contributed by atoms with van der Waals surface area (Å²) in [6, 6.07) is 2.46. The number of carbonyl (C=O) groups is 1. The van der Waals surface area contributed by atoms with Crippen molar-refractivity contribution >= 4 is 49.0 Å². The summed E-state index contributed by atoms with van der Waals surface area (Å²) in [6.45, 7) is 1.99. The van der Waals surface area contributed by atoms with Gasteiger partial charge in [0.25, 0.3) is 0 Å². The van der Waals surface area contributed by atoms with Crippen LogP contribution in [-0.4, -0.2) is 43.5 Å². The van der Waals surface area contributed by atoms with Crippen LogP contribution < -0.4 is 0 Å². The Balaban J connectivity index is 1.98. The Hall–Kier alpha value is 0.250. The number of halogens is 2. The highest BCUT2D eigenvalue weighted by Gasteiger charge is 2.30. The van der Waals surface area contributed by atoms with Gasteiger partial charge in [-0.05, 0) is 50.8 Å². The summed E-state index contributed by atoms with van der Waals surface area (Å²) in [5.74, 6) is 0.173. The lowest BCUT2D eigenvalue weighted by Crippen LogP contribution is -2.34. The Morgan fingerprint density at radius 1 is 1.56 bits per heavy atom. The van der Waals surface area contributed by atoms with Gasteiger partial charge in [-0.25, -0.2) is 0 Å². The highest BCUT2D eigenvalue weighted by atomic mass is 79.9. The van der Waals surface area contributed by atoms with Crippen molar-refractivity contribution in [2.24, 2.45) is 0 Å². The van der Waals surface area contributed by atoms with E-state index in [1.165, 1.54) is 24.2 Å². The van der Waals surface area contributed by atoms with E-state index >= 15 is 0 Å². The van der Waals surface area contributed by atoms with Crippen molar-refractivity contribution in [1.82, 2.24) is 4.90 Å². The zero-order valence-electron chi connectivity index (χ0n) is 10.1. The normalized spacial score (nSPS) is 15.3. The first kappa shape index (κ1) is 14.7. The second-order valence-electron chi connectivity index (χ2n) is 4.36. The third-order valence-corrected chi connectivity index (χ3v) is 5.29. The van der Waals surface area contributed by atoms with Crippen LogP contribution in [-0.2, 0) is 4.74 Å². The van der Waals surface area contributed by atoms with Gasteiger partial charge in [0.05, 0.1) is 20.7 Å². The monoisotopic (exact) mass is 395 g/mol. The minimum atomic E-state index is 0.173. The van der Waals surface area contributed by atoms with Crippen molar-refractivity contribution in [1.29, 1.82) is 0 Å². The van der Waals surface area contributed by atoms with Gasteiger partial charge in [0.2, 0.25) is 0 Å². The molecular weight excluding hydrogens is 382 g/mol. The SMILES string of the molecule is COCCN(CC(=O)c1cc(Br)sc1Br)C1CC1. The molecule has 0 bridgehead atoms.